The first kappa shape index (κ1) is 16.3. The summed E-state index contributed by atoms with van der Waals surface area (Å²) in [6.07, 6.45) is 1.37. The van der Waals surface area contributed by atoms with Crippen molar-refractivity contribution in [3.8, 4) is 0 Å². The molecular formula is C14H17N3O4S. The zero-order valence-corrected chi connectivity index (χ0v) is 13.1. The molecular weight excluding hydrogens is 306 g/mol. The number of carbonyl (C=O) groups excluding carboxylic acids is 1. The van der Waals surface area contributed by atoms with Gasteiger partial charge in [0.1, 0.15) is 0 Å². The number of fused-ring (bicyclic) bond motifs is 1. The summed E-state index contributed by atoms with van der Waals surface area (Å²) in [6, 6.07) is 5.79. The van der Waals surface area contributed by atoms with E-state index in [0.29, 0.717) is 10.8 Å². The van der Waals surface area contributed by atoms with Gasteiger partial charge < -0.3 is 10.5 Å². The number of sulfonamides is 1. The molecule has 0 radical (unpaired) electrons. The predicted octanol–water partition coefficient (Wildman–Crippen LogP) is 0.647. The molecule has 0 fully saturated rings. The number of hydrogen-bond acceptors (Lipinski definition) is 6. The normalized spacial score (nSPS) is 13.0. The molecule has 0 unspecified atom stereocenters. The van der Waals surface area contributed by atoms with Gasteiger partial charge in [-0.1, -0.05) is 12.1 Å². The van der Waals surface area contributed by atoms with Crippen molar-refractivity contribution in [3.05, 3.63) is 36.2 Å². The molecule has 0 amide bonds. The Labute approximate surface area is 128 Å². The third-order valence-electron chi connectivity index (χ3n) is 3.14. The monoisotopic (exact) mass is 323 g/mol. The van der Waals surface area contributed by atoms with Gasteiger partial charge in [0.15, 0.2) is 5.69 Å². The van der Waals surface area contributed by atoms with Crippen molar-refractivity contribution < 1.29 is 17.9 Å². The molecule has 2 aromatic rings. The van der Waals surface area contributed by atoms with Gasteiger partial charge in [0.2, 0.25) is 10.0 Å². The van der Waals surface area contributed by atoms with E-state index in [1.165, 1.54) is 19.4 Å². The number of esters is 1. The summed E-state index contributed by atoms with van der Waals surface area (Å²) in [5.74, 6) is -0.622. The van der Waals surface area contributed by atoms with E-state index in [4.69, 9.17) is 5.73 Å². The molecule has 1 aromatic heterocycles. The Morgan fingerprint density at radius 3 is 2.73 bits per heavy atom. The molecule has 0 saturated heterocycles. The number of nitrogens with two attached hydrogens (primary N) is 1. The first-order valence-electron chi connectivity index (χ1n) is 6.59. The summed E-state index contributed by atoms with van der Waals surface area (Å²) in [5.41, 5.74) is 5.53. The van der Waals surface area contributed by atoms with Crippen LogP contribution in [-0.2, 0) is 14.8 Å². The molecule has 22 heavy (non-hydrogen) atoms. The fourth-order valence-electron chi connectivity index (χ4n) is 2.05. The topological polar surface area (TPSA) is 111 Å². The molecule has 1 aromatic carbocycles. The smallest absolute Gasteiger partial charge is 0.357 e. The van der Waals surface area contributed by atoms with E-state index in [2.05, 4.69) is 14.4 Å². The van der Waals surface area contributed by atoms with Crippen LogP contribution in [0.3, 0.4) is 0 Å². The molecule has 3 N–H and O–H groups in total. The van der Waals surface area contributed by atoms with Gasteiger partial charge in [-0.25, -0.2) is 22.9 Å². The van der Waals surface area contributed by atoms with Crippen LogP contribution in [0.15, 0.2) is 35.4 Å². The van der Waals surface area contributed by atoms with Crippen molar-refractivity contribution in [2.75, 3.05) is 13.7 Å². The second-order valence-electron chi connectivity index (χ2n) is 4.76. The maximum absolute atomic E-state index is 12.5. The first-order chi connectivity index (χ1) is 10.4. The maximum Gasteiger partial charge on any atom is 0.357 e. The number of carbonyl (C=O) groups is 1. The summed E-state index contributed by atoms with van der Waals surface area (Å²) in [4.78, 5) is 15.8. The van der Waals surface area contributed by atoms with E-state index in [1.54, 1.807) is 25.1 Å². The third kappa shape index (κ3) is 3.08. The van der Waals surface area contributed by atoms with Gasteiger partial charge in [-0.05, 0) is 19.1 Å². The van der Waals surface area contributed by atoms with Crippen molar-refractivity contribution in [2.24, 2.45) is 5.73 Å². The highest BCUT2D eigenvalue weighted by Crippen LogP contribution is 2.25. The number of benzene rings is 1. The van der Waals surface area contributed by atoms with E-state index in [-0.39, 0.29) is 17.1 Å². The highest BCUT2D eigenvalue weighted by molar-refractivity contribution is 7.89. The lowest BCUT2D eigenvalue weighted by atomic mass is 10.1. The Balaban J connectivity index is 2.64. The standard InChI is InChI=1S/C14H17N3O4S/c1-9(8-15)17-22(19,20)12-5-3-4-11-10(12)6-7-16-13(11)14(18)21-2/h3-7,9,17H,8,15H2,1-2H3/t9-/m0/s1. The lowest BCUT2D eigenvalue weighted by molar-refractivity contribution is 0.0596. The zero-order chi connectivity index (χ0) is 16.3. The average Bonchev–Trinajstić information content (AvgIpc) is 2.52. The van der Waals surface area contributed by atoms with Crippen molar-refractivity contribution in [3.63, 3.8) is 0 Å². The average molecular weight is 323 g/mol. The second kappa shape index (κ2) is 6.39. The summed E-state index contributed by atoms with van der Waals surface area (Å²) >= 11 is 0. The second-order valence-corrected chi connectivity index (χ2v) is 6.44. The zero-order valence-electron chi connectivity index (χ0n) is 12.2. The van der Waals surface area contributed by atoms with Gasteiger partial charge in [0.25, 0.3) is 0 Å². The van der Waals surface area contributed by atoms with Crippen LogP contribution in [-0.4, -0.2) is 39.1 Å². The Hall–Kier alpha value is -2.03. The molecule has 7 nitrogen and oxygen atoms in total. The predicted molar refractivity (Wildman–Crippen MR) is 81.9 cm³/mol. The Kier molecular flexibility index (Phi) is 4.74. The minimum absolute atomic E-state index is 0.0675. The van der Waals surface area contributed by atoms with E-state index in [0.717, 1.165) is 0 Å². The quantitative estimate of drug-likeness (QED) is 0.781. The highest BCUT2D eigenvalue weighted by atomic mass is 32.2. The summed E-state index contributed by atoms with van der Waals surface area (Å²) in [5, 5.41) is 0.812. The van der Waals surface area contributed by atoms with E-state index in [1.807, 2.05) is 0 Å². The van der Waals surface area contributed by atoms with E-state index >= 15 is 0 Å². The van der Waals surface area contributed by atoms with Crippen molar-refractivity contribution in [2.45, 2.75) is 17.9 Å². The minimum atomic E-state index is -3.76. The van der Waals surface area contributed by atoms with Gasteiger partial charge in [0.05, 0.1) is 12.0 Å². The minimum Gasteiger partial charge on any atom is -0.464 e. The summed E-state index contributed by atoms with van der Waals surface area (Å²) in [7, 11) is -2.51. The lowest BCUT2D eigenvalue weighted by Crippen LogP contribution is -2.37. The van der Waals surface area contributed by atoms with Crippen LogP contribution in [0, 0.1) is 0 Å². The number of nitrogens with zero attached hydrogens (tertiary/aromatic N) is 1. The van der Waals surface area contributed by atoms with Crippen molar-refractivity contribution in [1.29, 1.82) is 0 Å². The van der Waals surface area contributed by atoms with Gasteiger partial charge >= 0.3 is 5.97 Å². The molecule has 0 spiro atoms. The largest absolute Gasteiger partial charge is 0.464 e. The molecule has 1 atom stereocenters. The lowest BCUT2D eigenvalue weighted by Gasteiger charge is -2.14. The van der Waals surface area contributed by atoms with Crippen LogP contribution in [0.5, 0.6) is 0 Å². The summed E-state index contributed by atoms with van der Waals surface area (Å²) in [6.45, 7) is 1.85. The molecule has 0 aliphatic carbocycles. The van der Waals surface area contributed by atoms with Crippen LogP contribution >= 0.6 is 0 Å². The number of rotatable bonds is 5. The number of pyridine rings is 1. The highest BCUT2D eigenvalue weighted by Gasteiger charge is 2.21. The van der Waals surface area contributed by atoms with Crippen LogP contribution < -0.4 is 10.5 Å². The number of ether oxygens (including phenoxy) is 1. The van der Waals surface area contributed by atoms with Crippen LogP contribution in [0.4, 0.5) is 0 Å². The van der Waals surface area contributed by atoms with Gasteiger partial charge in [0, 0.05) is 29.6 Å². The molecule has 2 rings (SSSR count). The molecule has 1 heterocycles. The van der Waals surface area contributed by atoms with Gasteiger partial charge in [-0.3, -0.25) is 0 Å². The van der Waals surface area contributed by atoms with Gasteiger partial charge in [-0.2, -0.15) is 0 Å². The number of aromatic nitrogens is 1. The van der Waals surface area contributed by atoms with Crippen LogP contribution in [0.2, 0.25) is 0 Å². The van der Waals surface area contributed by atoms with Gasteiger partial charge in [-0.15, -0.1) is 0 Å². The van der Waals surface area contributed by atoms with E-state index < -0.39 is 22.0 Å². The first-order valence-corrected chi connectivity index (χ1v) is 8.07. The Morgan fingerprint density at radius 2 is 2.09 bits per heavy atom. The fourth-order valence-corrected chi connectivity index (χ4v) is 3.53. The summed E-state index contributed by atoms with van der Waals surface area (Å²) < 4.78 is 32.1. The SMILES string of the molecule is COC(=O)c1nccc2c(S(=O)(=O)N[C@@H](C)CN)cccc12. The van der Waals surface area contributed by atoms with Crippen molar-refractivity contribution in [1.82, 2.24) is 9.71 Å². The number of hydrogen-bond donors (Lipinski definition) is 2. The van der Waals surface area contributed by atoms with Crippen molar-refractivity contribution >= 4 is 26.8 Å². The molecule has 8 heteroatoms. The maximum atomic E-state index is 12.5. The van der Waals surface area contributed by atoms with Crippen LogP contribution in [0.1, 0.15) is 17.4 Å². The molecule has 118 valence electrons. The third-order valence-corrected chi connectivity index (χ3v) is 4.79. The Morgan fingerprint density at radius 1 is 1.36 bits per heavy atom. The number of nitrogens with one attached hydrogen (secondary N) is 1. The fraction of sp³-hybridized carbons (Fsp3) is 0.286. The van der Waals surface area contributed by atoms with Crippen LogP contribution in [0.25, 0.3) is 10.8 Å². The molecule has 0 bridgehead atoms. The number of methoxy groups -OCH3 is 1. The molecule has 0 saturated carbocycles. The molecule has 0 aliphatic rings. The van der Waals surface area contributed by atoms with E-state index in [9.17, 15) is 13.2 Å². The molecule has 0 aliphatic heterocycles. The Bertz CT molecular complexity index is 805.